The number of nitrogens with zero attached hydrogens (tertiary/aromatic N) is 4. The van der Waals surface area contributed by atoms with E-state index in [-0.39, 0.29) is 20.1 Å². The number of benzene rings is 10. The van der Waals surface area contributed by atoms with E-state index in [1.54, 1.807) is 0 Å². The molecule has 0 spiro atoms. The van der Waals surface area contributed by atoms with Gasteiger partial charge in [0.1, 0.15) is 0 Å². The van der Waals surface area contributed by atoms with E-state index >= 15 is 0 Å². The van der Waals surface area contributed by atoms with Crippen molar-refractivity contribution in [2.45, 2.75) is 0 Å². The first-order valence-electron chi connectivity index (χ1n) is 25.8. The largest absolute Gasteiger partial charge is 0.504 e. The zero-order chi connectivity index (χ0) is 51.2. The van der Waals surface area contributed by atoms with E-state index in [4.69, 9.17) is 4.98 Å². The predicted molar refractivity (Wildman–Crippen MR) is 322 cm³/mol. The number of rotatable bonds is 10. The molecule has 0 saturated carbocycles. The van der Waals surface area contributed by atoms with Gasteiger partial charge in [0, 0.05) is 64.0 Å². The van der Waals surface area contributed by atoms with Crippen molar-refractivity contribution in [1.29, 1.82) is 0 Å². The Labute approximate surface area is 472 Å². The standard InChI is InChI=1S/C72H46N4S.Ir/c1-75-47-76(70-26-10-9-25-69(70)75)56-36-32-49(33-37-56)58-17-3-5-19-60(58)54-42-53(59-18-4-2-16-57(59)48-28-30-50(31-29-48)67-23-12-14-40-73-67)43-55(44-54)61-20-6-7-21-62(61)63-38-35-52(68-24-13-15-41-74-68)45-66(63)51-34-39-65-64-22-8-11-27-71(64)77-72(65)46-51;/h2-30,32-34,36,38-47H,1H3;/q-4;. The summed E-state index contributed by atoms with van der Waals surface area (Å²) in [6.45, 7) is 2.12. The second kappa shape index (κ2) is 20.8. The molecule has 14 rings (SSSR count). The van der Waals surface area contributed by atoms with Crippen molar-refractivity contribution in [2.24, 2.45) is 0 Å². The van der Waals surface area contributed by atoms with E-state index < -0.39 is 0 Å². The van der Waals surface area contributed by atoms with E-state index in [9.17, 15) is 0 Å². The Balaban J connectivity index is 0.00000579. The maximum atomic E-state index is 4.78. The first-order valence-corrected chi connectivity index (χ1v) is 26.6. The summed E-state index contributed by atoms with van der Waals surface area (Å²) in [7, 11) is 2.09. The number of thiophene rings is 1. The van der Waals surface area contributed by atoms with Crippen LogP contribution in [-0.2, 0) is 20.1 Å². The molecule has 0 saturated heterocycles. The van der Waals surface area contributed by atoms with Gasteiger partial charge in [0.25, 0.3) is 0 Å². The van der Waals surface area contributed by atoms with Crippen LogP contribution in [0, 0.1) is 24.9 Å². The van der Waals surface area contributed by atoms with Crippen molar-refractivity contribution in [3.05, 3.63) is 280 Å². The Hall–Kier alpha value is -9.03. The van der Waals surface area contributed by atoms with E-state index in [1.165, 1.54) is 25.9 Å². The minimum Gasteiger partial charge on any atom is -0.504 e. The summed E-state index contributed by atoms with van der Waals surface area (Å²) in [5.41, 5.74) is 22.5. The third kappa shape index (κ3) is 9.00. The van der Waals surface area contributed by atoms with E-state index in [1.807, 2.05) is 54.1 Å². The van der Waals surface area contributed by atoms with E-state index in [2.05, 4.69) is 259 Å². The van der Waals surface area contributed by atoms with Gasteiger partial charge in [-0.05, 0) is 112 Å². The van der Waals surface area contributed by atoms with Crippen LogP contribution in [-0.4, -0.2) is 17.0 Å². The smallest absolute Gasteiger partial charge is 0.0360 e. The van der Waals surface area contributed by atoms with Gasteiger partial charge in [-0.15, -0.1) is 82.2 Å². The molecule has 4 heterocycles. The van der Waals surface area contributed by atoms with Gasteiger partial charge < -0.3 is 19.8 Å². The molecule has 373 valence electrons. The van der Waals surface area contributed by atoms with Gasteiger partial charge in [-0.2, -0.15) is 24.9 Å². The summed E-state index contributed by atoms with van der Waals surface area (Å²) in [4.78, 5) is 13.7. The van der Waals surface area contributed by atoms with Crippen LogP contribution < -0.4 is 9.80 Å². The van der Waals surface area contributed by atoms with Crippen molar-refractivity contribution in [1.82, 2.24) is 9.97 Å². The van der Waals surface area contributed by atoms with Gasteiger partial charge in [0.05, 0.1) is 0 Å². The molecule has 1 aliphatic rings. The Morgan fingerprint density at radius 3 is 1.50 bits per heavy atom. The quantitative estimate of drug-likeness (QED) is 0.128. The summed E-state index contributed by atoms with van der Waals surface area (Å²) < 4.78 is 2.54. The summed E-state index contributed by atoms with van der Waals surface area (Å²) in [5.74, 6) is 0. The number of anilines is 3. The zero-order valence-electron chi connectivity index (χ0n) is 42.4. The molecular weight excluding hydrogens is 1150 g/mol. The maximum absolute atomic E-state index is 4.78. The Morgan fingerprint density at radius 2 is 0.885 bits per heavy atom. The molecule has 3 aromatic heterocycles. The molecule has 0 aliphatic carbocycles. The molecule has 78 heavy (non-hydrogen) atoms. The third-order valence-electron chi connectivity index (χ3n) is 14.8. The summed E-state index contributed by atoms with van der Waals surface area (Å²) in [5, 5.41) is 2.56. The second-order valence-corrected chi connectivity index (χ2v) is 20.5. The van der Waals surface area contributed by atoms with Gasteiger partial charge in [-0.3, -0.25) is 0 Å². The molecule has 0 bridgehead atoms. The SMILES string of the molecule is CN1[CH-]N(c2[c-]cc(-c3ccccc3-c3cc(-c4ccccc4-c4c[c-]c(-c5ccccn5)cc4)cc(-c4ccccc4-c4c[c-]c(-c5ccccn5)cc4-c4ccc5c(c4)sc4ccccc45)c3)cc2)c2ccccc21.[Ir]. The molecule has 6 heteroatoms. The van der Waals surface area contributed by atoms with Crippen molar-refractivity contribution in [3.8, 4) is 100 Å². The van der Waals surface area contributed by atoms with Crippen molar-refractivity contribution >= 4 is 48.6 Å². The normalized spacial score (nSPS) is 12.0. The predicted octanol–water partition coefficient (Wildman–Crippen LogP) is 19.0. The first-order chi connectivity index (χ1) is 38.1. The van der Waals surface area contributed by atoms with Crippen LogP contribution in [0.25, 0.3) is 121 Å². The number of pyridine rings is 2. The molecule has 0 N–H and O–H groups in total. The monoisotopic (exact) mass is 1190 g/mol. The fourth-order valence-corrected chi connectivity index (χ4v) is 12.2. The topological polar surface area (TPSA) is 32.3 Å². The van der Waals surface area contributed by atoms with Crippen LogP contribution in [0.4, 0.5) is 17.1 Å². The molecule has 4 nitrogen and oxygen atoms in total. The molecule has 0 amide bonds. The molecule has 13 aromatic rings. The Kier molecular flexibility index (Phi) is 13.0. The van der Waals surface area contributed by atoms with Crippen LogP contribution in [0.3, 0.4) is 0 Å². The fraction of sp³-hybridized carbons (Fsp3) is 0.0139. The molecule has 1 aliphatic heterocycles. The number of aromatic nitrogens is 2. The van der Waals surface area contributed by atoms with Crippen LogP contribution in [0.2, 0.25) is 0 Å². The summed E-state index contributed by atoms with van der Waals surface area (Å²) >= 11 is 1.84. The summed E-state index contributed by atoms with van der Waals surface area (Å²) in [6.07, 6.45) is 3.68. The van der Waals surface area contributed by atoms with Crippen LogP contribution in [0.1, 0.15) is 0 Å². The van der Waals surface area contributed by atoms with Crippen molar-refractivity contribution in [3.63, 3.8) is 0 Å². The van der Waals surface area contributed by atoms with Gasteiger partial charge in [-0.25, -0.2) is 0 Å². The van der Waals surface area contributed by atoms with Gasteiger partial charge in [0.2, 0.25) is 0 Å². The Morgan fingerprint density at radius 1 is 0.372 bits per heavy atom. The number of para-hydroxylation sites is 2. The van der Waals surface area contributed by atoms with Crippen LogP contribution in [0.5, 0.6) is 0 Å². The van der Waals surface area contributed by atoms with Gasteiger partial charge in [-0.1, -0.05) is 173 Å². The maximum Gasteiger partial charge on any atom is 0.0360 e. The Bertz CT molecular complexity index is 4320. The first kappa shape index (κ1) is 48.6. The van der Waals surface area contributed by atoms with Crippen molar-refractivity contribution in [2.75, 3.05) is 16.8 Å². The fourth-order valence-electron chi connectivity index (χ4n) is 11.0. The van der Waals surface area contributed by atoms with E-state index in [0.29, 0.717) is 0 Å². The average Bonchev–Trinajstić information content (AvgIpc) is 4.15. The van der Waals surface area contributed by atoms with Crippen LogP contribution in [0.15, 0.2) is 255 Å². The minimum atomic E-state index is 0. The number of hydrogen-bond acceptors (Lipinski definition) is 5. The molecular formula is C72H46IrN4S-4. The second-order valence-electron chi connectivity index (χ2n) is 19.4. The van der Waals surface area contributed by atoms with Crippen LogP contribution >= 0.6 is 11.3 Å². The molecule has 10 aromatic carbocycles. The van der Waals surface area contributed by atoms with Crippen molar-refractivity contribution < 1.29 is 20.1 Å². The zero-order valence-corrected chi connectivity index (χ0v) is 45.6. The molecule has 1 radical (unpaired) electrons. The van der Waals surface area contributed by atoms with Gasteiger partial charge in [0.15, 0.2) is 0 Å². The molecule has 0 unspecified atom stereocenters. The molecule has 0 fully saturated rings. The number of fused-ring (bicyclic) bond motifs is 4. The number of hydrogen-bond donors (Lipinski definition) is 0. The van der Waals surface area contributed by atoms with Gasteiger partial charge >= 0.3 is 0 Å². The third-order valence-corrected chi connectivity index (χ3v) is 15.9. The molecule has 0 atom stereocenters. The summed E-state index contributed by atoms with van der Waals surface area (Å²) in [6, 6.07) is 97.9. The van der Waals surface area contributed by atoms with E-state index in [0.717, 1.165) is 112 Å². The minimum absolute atomic E-state index is 0. The average molecular weight is 1190 g/mol.